The van der Waals surface area contributed by atoms with Gasteiger partial charge in [0.2, 0.25) is 0 Å². The Kier molecular flexibility index (Phi) is 246. The smallest absolute Gasteiger partial charge is 1.00 e. The van der Waals surface area contributed by atoms with Crippen molar-refractivity contribution < 1.29 is 69.8 Å². The first-order chi connectivity index (χ1) is 0. The summed E-state index contributed by atoms with van der Waals surface area (Å²) in [5.74, 6) is 0. The third-order valence-electron chi connectivity index (χ3n) is 0. The van der Waals surface area contributed by atoms with E-state index in [0.29, 0.717) is 0 Å². The fraction of sp³-hybridized carbons (Fsp3) is 0. The first kappa shape index (κ1) is 43.7. The van der Waals surface area contributed by atoms with Gasteiger partial charge in [0, 0.05) is 38.8 Å². The topological polar surface area (TPSA) is 0 Å². The third-order valence-corrected chi connectivity index (χ3v) is 0. The summed E-state index contributed by atoms with van der Waals surface area (Å²) < 4.78 is 0. The Labute approximate surface area is 96.5 Å². The minimum atomic E-state index is 0. The Morgan fingerprint density at radius 3 is 1.20 bits per heavy atom. The standard InChI is InChI=1S/Al.Mn.Na.H4Si.Ti.4H/h;;;1H4;;;;;/q;;+1;;;;;;-1. The molecule has 0 unspecified atom stereocenters. The number of hydrogen-bond acceptors (Lipinski definition) is 0. The molecule has 0 aliphatic heterocycles. The van der Waals surface area contributed by atoms with Crippen molar-refractivity contribution in [2.75, 3.05) is 0 Å². The van der Waals surface area contributed by atoms with Gasteiger partial charge in [-0.3, -0.25) is 0 Å². The maximum Gasteiger partial charge on any atom is 1.00 e. The van der Waals surface area contributed by atoms with Crippen molar-refractivity contribution in [3.8, 4) is 0 Å². The molecule has 0 fully saturated rings. The van der Waals surface area contributed by atoms with Gasteiger partial charge in [0.05, 0.1) is 0 Å². The van der Waals surface area contributed by atoms with Gasteiger partial charge in [-0.05, 0) is 11.0 Å². The van der Waals surface area contributed by atoms with Crippen LogP contribution in [0.4, 0.5) is 0 Å². The molecule has 0 aromatic heterocycles. The van der Waals surface area contributed by atoms with E-state index in [9.17, 15) is 0 Å². The fourth-order valence-corrected chi connectivity index (χ4v) is 0. The summed E-state index contributed by atoms with van der Waals surface area (Å²) in [6.07, 6.45) is 0. The molecule has 0 aromatic rings. The zero-order valence-corrected chi connectivity index (χ0v) is 6.62. The van der Waals surface area contributed by atoms with Gasteiger partial charge < -0.3 is 1.43 Å². The van der Waals surface area contributed by atoms with Crippen LogP contribution in [0, 0.1) is 0 Å². The van der Waals surface area contributed by atoms with Gasteiger partial charge in [0.1, 0.15) is 0 Å². The molecule has 0 heterocycles. The van der Waals surface area contributed by atoms with Crippen LogP contribution in [0.1, 0.15) is 1.43 Å². The van der Waals surface area contributed by atoms with Crippen molar-refractivity contribution in [3.63, 3.8) is 0 Å². The minimum absolute atomic E-state index is 0. The Hall–Kier alpha value is 2.98. The van der Waals surface area contributed by atoms with Crippen LogP contribution in [-0.2, 0) is 38.8 Å². The average molecular weight is 189 g/mol. The zero-order valence-electron chi connectivity index (χ0n) is 2.88. The molecular weight excluding hydrogens is 181 g/mol. The van der Waals surface area contributed by atoms with E-state index >= 15 is 0 Å². The molecule has 0 N–H and O–H groups in total. The normalized spacial score (nSPS) is 0. The predicted octanol–water partition coefficient (Wildman–Crippen LogP) is -5.52. The molecule has 0 spiro atoms. The van der Waals surface area contributed by atoms with E-state index < -0.39 is 0 Å². The summed E-state index contributed by atoms with van der Waals surface area (Å²) in [7, 11) is 0. The molecule has 0 saturated carbocycles. The molecule has 0 aliphatic carbocycles. The maximum absolute atomic E-state index is 0. The summed E-state index contributed by atoms with van der Waals surface area (Å²) in [4.78, 5) is 0. The molecular formula is H8AlMnNaSiTi. The molecule has 0 nitrogen and oxygen atoms in total. The van der Waals surface area contributed by atoms with E-state index in [1.165, 1.54) is 0 Å². The van der Waals surface area contributed by atoms with Gasteiger partial charge in [-0.15, -0.1) is 0 Å². The average Bonchev–Trinajstić information content (AvgIpc) is 0. The molecule has 0 amide bonds. The minimum Gasteiger partial charge on any atom is -1.00 e. The van der Waals surface area contributed by atoms with Crippen molar-refractivity contribution in [3.05, 3.63) is 0 Å². The summed E-state index contributed by atoms with van der Waals surface area (Å²) in [6.45, 7) is 0. The molecule has 0 bridgehead atoms. The Morgan fingerprint density at radius 1 is 1.20 bits per heavy atom. The van der Waals surface area contributed by atoms with Gasteiger partial charge in [0.15, 0.2) is 17.4 Å². The molecule has 0 aliphatic rings. The molecule has 27 valence electrons. The van der Waals surface area contributed by atoms with E-state index in [2.05, 4.69) is 0 Å². The van der Waals surface area contributed by atoms with E-state index in [0.717, 1.165) is 0 Å². The van der Waals surface area contributed by atoms with Crippen molar-refractivity contribution in [1.29, 1.82) is 0 Å². The van der Waals surface area contributed by atoms with Crippen molar-refractivity contribution in [2.24, 2.45) is 0 Å². The fourth-order valence-electron chi connectivity index (χ4n) is 0. The van der Waals surface area contributed by atoms with E-state index in [-0.39, 0.29) is 98.1 Å². The van der Waals surface area contributed by atoms with Crippen LogP contribution < -0.4 is 29.6 Å². The first-order valence-corrected chi connectivity index (χ1v) is 0. The van der Waals surface area contributed by atoms with Crippen LogP contribution >= 0.6 is 0 Å². The van der Waals surface area contributed by atoms with Crippen LogP contribution in [-0.4, -0.2) is 28.3 Å². The molecule has 5 heavy (non-hydrogen) atoms. The van der Waals surface area contributed by atoms with Gasteiger partial charge in [0.25, 0.3) is 0 Å². The SMILES string of the molecule is [AlH3].[H-].[Mn].[Na+].[SiH4].[Ti]. The van der Waals surface area contributed by atoms with E-state index in [1.54, 1.807) is 0 Å². The largest absolute Gasteiger partial charge is 1.00 e. The molecule has 5 heteroatoms. The maximum atomic E-state index is 0. The molecule has 0 rings (SSSR count). The number of hydrogen-bond donors (Lipinski definition) is 0. The van der Waals surface area contributed by atoms with Crippen molar-refractivity contribution in [1.82, 2.24) is 0 Å². The van der Waals surface area contributed by atoms with Crippen LogP contribution in [0.3, 0.4) is 0 Å². The second-order valence-electron chi connectivity index (χ2n) is 0. The zero-order chi connectivity index (χ0) is 0. The second-order valence-corrected chi connectivity index (χ2v) is 0. The molecule has 1 radical (unpaired) electrons. The second kappa shape index (κ2) is 28.1. The van der Waals surface area contributed by atoms with Crippen LogP contribution in [0.5, 0.6) is 0 Å². The molecule has 0 atom stereocenters. The summed E-state index contributed by atoms with van der Waals surface area (Å²) >= 11 is 0. The molecule has 0 saturated heterocycles. The van der Waals surface area contributed by atoms with Gasteiger partial charge in [-0.25, -0.2) is 0 Å². The quantitative estimate of drug-likeness (QED) is 0.333. The van der Waals surface area contributed by atoms with Gasteiger partial charge in [-0.2, -0.15) is 0 Å². The Morgan fingerprint density at radius 2 is 1.20 bits per heavy atom. The summed E-state index contributed by atoms with van der Waals surface area (Å²) in [6, 6.07) is 0. The van der Waals surface area contributed by atoms with Crippen LogP contribution in [0.2, 0.25) is 0 Å². The van der Waals surface area contributed by atoms with E-state index in [4.69, 9.17) is 0 Å². The van der Waals surface area contributed by atoms with Crippen LogP contribution in [0.15, 0.2) is 0 Å². The summed E-state index contributed by atoms with van der Waals surface area (Å²) in [5, 5.41) is 0. The third kappa shape index (κ3) is 19.5. The molecule has 0 aromatic carbocycles. The van der Waals surface area contributed by atoms with Gasteiger partial charge in [-0.1, -0.05) is 0 Å². The first-order valence-electron chi connectivity index (χ1n) is 0. The Balaban J connectivity index is 0. The van der Waals surface area contributed by atoms with E-state index in [1.807, 2.05) is 0 Å². The Bertz CT molecular complexity index is 15.5. The van der Waals surface area contributed by atoms with Crippen molar-refractivity contribution in [2.45, 2.75) is 0 Å². The van der Waals surface area contributed by atoms with Crippen molar-refractivity contribution >= 4 is 28.3 Å². The van der Waals surface area contributed by atoms with Gasteiger partial charge >= 0.3 is 29.6 Å². The predicted molar refractivity (Wildman–Crippen MR) is 22.4 cm³/mol. The summed E-state index contributed by atoms with van der Waals surface area (Å²) in [5.41, 5.74) is 0. The number of rotatable bonds is 0. The monoisotopic (exact) mass is 189 g/mol. The van der Waals surface area contributed by atoms with Crippen LogP contribution in [0.25, 0.3) is 0 Å².